The Morgan fingerprint density at radius 3 is 1.77 bits per heavy atom. The van der Waals surface area contributed by atoms with Crippen molar-refractivity contribution in [1.82, 2.24) is 0 Å². The minimum atomic E-state index is 1.27. The van der Waals surface area contributed by atoms with Gasteiger partial charge in [-0.2, -0.15) is 0 Å². The van der Waals surface area contributed by atoms with Gasteiger partial charge < -0.3 is 0 Å². The first-order valence-electron chi connectivity index (χ1n) is 9.37. The Morgan fingerprint density at radius 2 is 1.14 bits per heavy atom. The Bertz CT molecular complexity index is 407. The SMILES string of the molecule is C1=C(/Sc2ccccc2)CCCCCCCCCCCCC/1. The molecule has 0 spiro atoms. The van der Waals surface area contributed by atoms with E-state index in [1.54, 1.807) is 4.91 Å². The molecule has 0 aliphatic heterocycles. The van der Waals surface area contributed by atoms with Gasteiger partial charge in [0.25, 0.3) is 0 Å². The molecule has 1 aromatic carbocycles. The molecule has 1 heteroatoms. The summed E-state index contributed by atoms with van der Waals surface area (Å²) in [5.41, 5.74) is 0. The van der Waals surface area contributed by atoms with Crippen LogP contribution in [0.2, 0.25) is 0 Å². The van der Waals surface area contributed by atoms with Crippen LogP contribution in [0.4, 0.5) is 0 Å². The Balaban J connectivity index is 1.84. The predicted octanol–water partition coefficient (Wildman–Crippen LogP) is 7.75. The van der Waals surface area contributed by atoms with E-state index in [9.17, 15) is 0 Å². The first kappa shape index (κ1) is 17.7. The molecule has 0 saturated heterocycles. The standard InChI is InChI=1S/C21H32S/c1-2-4-6-8-10-13-17-20(16-12-9-7-5-3-1)22-21-18-14-11-15-19-21/h11,14-16,18-19H,1-10,12-13,17H2/b20-16+. The zero-order valence-electron chi connectivity index (χ0n) is 14.1. The summed E-state index contributed by atoms with van der Waals surface area (Å²) < 4.78 is 0. The molecule has 0 bridgehead atoms. The van der Waals surface area contributed by atoms with Crippen LogP contribution in [0.1, 0.15) is 83.5 Å². The Morgan fingerprint density at radius 1 is 0.591 bits per heavy atom. The fourth-order valence-electron chi connectivity index (χ4n) is 3.13. The topological polar surface area (TPSA) is 0 Å². The van der Waals surface area contributed by atoms with Gasteiger partial charge in [0.1, 0.15) is 0 Å². The van der Waals surface area contributed by atoms with Crippen molar-refractivity contribution in [1.29, 1.82) is 0 Å². The minimum Gasteiger partial charge on any atom is -0.0949 e. The van der Waals surface area contributed by atoms with Crippen molar-refractivity contribution in [3.63, 3.8) is 0 Å². The van der Waals surface area contributed by atoms with Crippen LogP contribution in [-0.2, 0) is 0 Å². The zero-order chi connectivity index (χ0) is 15.3. The molecule has 1 aliphatic carbocycles. The number of hydrogen-bond donors (Lipinski definition) is 0. The maximum absolute atomic E-state index is 2.53. The van der Waals surface area contributed by atoms with E-state index in [1.165, 1.54) is 88.4 Å². The first-order valence-corrected chi connectivity index (χ1v) is 10.2. The molecule has 0 heterocycles. The lowest BCUT2D eigenvalue weighted by molar-refractivity contribution is 0.549. The molecular formula is C21H32S. The van der Waals surface area contributed by atoms with E-state index in [0.717, 1.165) is 0 Å². The van der Waals surface area contributed by atoms with Crippen LogP contribution in [0, 0.1) is 0 Å². The van der Waals surface area contributed by atoms with Crippen LogP contribution >= 0.6 is 11.8 Å². The molecule has 0 saturated carbocycles. The van der Waals surface area contributed by atoms with Crippen LogP contribution in [0.15, 0.2) is 46.2 Å². The summed E-state index contributed by atoms with van der Waals surface area (Å²) in [6.45, 7) is 0. The molecule has 1 aliphatic rings. The van der Waals surface area contributed by atoms with E-state index in [2.05, 4.69) is 36.4 Å². The predicted molar refractivity (Wildman–Crippen MR) is 100 cm³/mol. The van der Waals surface area contributed by atoms with Crippen LogP contribution in [0.5, 0.6) is 0 Å². The molecule has 0 fully saturated rings. The summed E-state index contributed by atoms with van der Waals surface area (Å²) in [6.07, 6.45) is 20.8. The van der Waals surface area contributed by atoms with Crippen molar-refractivity contribution in [3.05, 3.63) is 41.3 Å². The first-order chi connectivity index (χ1) is 10.9. The lowest BCUT2D eigenvalue weighted by atomic mass is 10.1. The van der Waals surface area contributed by atoms with Gasteiger partial charge in [0, 0.05) is 4.90 Å². The van der Waals surface area contributed by atoms with E-state index in [4.69, 9.17) is 0 Å². The van der Waals surface area contributed by atoms with Gasteiger partial charge in [-0.1, -0.05) is 93.8 Å². The lowest BCUT2D eigenvalue weighted by Gasteiger charge is -2.08. The van der Waals surface area contributed by atoms with E-state index in [1.807, 2.05) is 11.8 Å². The average molecular weight is 317 g/mol. The van der Waals surface area contributed by atoms with Crippen molar-refractivity contribution >= 4 is 11.8 Å². The largest absolute Gasteiger partial charge is 0.0949 e. The molecule has 2 rings (SSSR count). The van der Waals surface area contributed by atoms with Gasteiger partial charge in [0.2, 0.25) is 0 Å². The average Bonchev–Trinajstić information content (AvgIpc) is 2.56. The summed E-state index contributed by atoms with van der Waals surface area (Å²) >= 11 is 1.99. The van der Waals surface area contributed by atoms with Gasteiger partial charge in [0.15, 0.2) is 0 Å². The third kappa shape index (κ3) is 8.08. The Kier molecular flexibility index (Phi) is 9.49. The second-order valence-electron chi connectivity index (χ2n) is 6.51. The molecule has 22 heavy (non-hydrogen) atoms. The van der Waals surface area contributed by atoms with Crippen molar-refractivity contribution in [3.8, 4) is 0 Å². The smallest absolute Gasteiger partial charge is 0.0118 e. The third-order valence-corrected chi connectivity index (χ3v) is 5.63. The molecule has 0 amide bonds. The highest BCUT2D eigenvalue weighted by Gasteiger charge is 2.02. The molecule has 122 valence electrons. The zero-order valence-corrected chi connectivity index (χ0v) is 14.9. The highest BCUT2D eigenvalue weighted by atomic mass is 32.2. The normalized spacial score (nSPS) is 22.1. The van der Waals surface area contributed by atoms with E-state index >= 15 is 0 Å². The monoisotopic (exact) mass is 316 g/mol. The summed E-state index contributed by atoms with van der Waals surface area (Å²) in [6, 6.07) is 10.9. The molecular weight excluding hydrogens is 284 g/mol. The second-order valence-corrected chi connectivity index (χ2v) is 7.71. The maximum atomic E-state index is 2.53. The molecule has 0 N–H and O–H groups in total. The summed E-state index contributed by atoms with van der Waals surface area (Å²) in [7, 11) is 0. The molecule has 0 atom stereocenters. The van der Waals surface area contributed by atoms with Gasteiger partial charge in [-0.05, 0) is 42.7 Å². The van der Waals surface area contributed by atoms with Gasteiger partial charge in [-0.3, -0.25) is 0 Å². The van der Waals surface area contributed by atoms with Crippen LogP contribution in [0.25, 0.3) is 0 Å². The quantitative estimate of drug-likeness (QED) is 0.537. The number of thioether (sulfide) groups is 1. The van der Waals surface area contributed by atoms with Gasteiger partial charge in [0.05, 0.1) is 0 Å². The summed E-state index contributed by atoms with van der Waals surface area (Å²) in [4.78, 5) is 2.99. The highest BCUT2D eigenvalue weighted by Crippen LogP contribution is 2.31. The Hall–Kier alpha value is -0.690. The number of hydrogen-bond acceptors (Lipinski definition) is 1. The van der Waals surface area contributed by atoms with Crippen molar-refractivity contribution < 1.29 is 0 Å². The van der Waals surface area contributed by atoms with Gasteiger partial charge in [-0.15, -0.1) is 0 Å². The number of rotatable bonds is 2. The van der Waals surface area contributed by atoms with Crippen molar-refractivity contribution in [2.24, 2.45) is 0 Å². The lowest BCUT2D eigenvalue weighted by Crippen LogP contribution is -1.84. The van der Waals surface area contributed by atoms with Gasteiger partial charge in [-0.25, -0.2) is 0 Å². The van der Waals surface area contributed by atoms with Gasteiger partial charge >= 0.3 is 0 Å². The summed E-state index contributed by atoms with van der Waals surface area (Å²) in [5.74, 6) is 0. The minimum absolute atomic E-state index is 1.27. The van der Waals surface area contributed by atoms with E-state index in [-0.39, 0.29) is 0 Å². The second kappa shape index (κ2) is 11.8. The Labute approximate surface area is 141 Å². The van der Waals surface area contributed by atoms with E-state index in [0.29, 0.717) is 0 Å². The fourth-order valence-corrected chi connectivity index (χ4v) is 4.18. The molecule has 0 nitrogen and oxygen atoms in total. The van der Waals surface area contributed by atoms with Crippen molar-refractivity contribution in [2.75, 3.05) is 0 Å². The molecule has 0 unspecified atom stereocenters. The number of benzene rings is 1. The fraction of sp³-hybridized carbons (Fsp3) is 0.619. The third-order valence-electron chi connectivity index (χ3n) is 4.49. The van der Waals surface area contributed by atoms with Crippen LogP contribution in [-0.4, -0.2) is 0 Å². The molecule has 1 aromatic rings. The maximum Gasteiger partial charge on any atom is 0.0118 e. The highest BCUT2D eigenvalue weighted by molar-refractivity contribution is 8.03. The summed E-state index contributed by atoms with van der Waals surface area (Å²) in [5, 5.41) is 0. The van der Waals surface area contributed by atoms with Crippen LogP contribution in [0.3, 0.4) is 0 Å². The number of allylic oxidation sites excluding steroid dienone is 2. The van der Waals surface area contributed by atoms with Crippen molar-refractivity contribution in [2.45, 2.75) is 88.4 Å². The molecule has 0 aromatic heterocycles. The molecule has 0 radical (unpaired) electrons. The van der Waals surface area contributed by atoms with E-state index < -0.39 is 0 Å². The van der Waals surface area contributed by atoms with Crippen LogP contribution < -0.4 is 0 Å².